The number of rotatable bonds is 8. The van der Waals surface area contributed by atoms with E-state index in [1.54, 1.807) is 4.90 Å². The van der Waals surface area contributed by atoms with Crippen LogP contribution >= 0.6 is 0 Å². The van der Waals surface area contributed by atoms with E-state index in [9.17, 15) is 14.4 Å². The Labute approximate surface area is 118 Å². The van der Waals surface area contributed by atoms with Gasteiger partial charge in [0.25, 0.3) is 0 Å². The fourth-order valence-electron chi connectivity index (χ4n) is 2.18. The van der Waals surface area contributed by atoms with E-state index in [4.69, 9.17) is 5.11 Å². The van der Waals surface area contributed by atoms with Gasteiger partial charge in [0, 0.05) is 26.1 Å². The third-order valence-electron chi connectivity index (χ3n) is 3.26. The molecular weight excluding hydrogens is 262 g/mol. The lowest BCUT2D eigenvalue weighted by atomic mass is 10.1. The molecule has 0 aromatic rings. The van der Waals surface area contributed by atoms with Crippen molar-refractivity contribution in [1.82, 2.24) is 15.1 Å². The maximum atomic E-state index is 11.8. The van der Waals surface area contributed by atoms with Crippen LogP contribution in [0.3, 0.4) is 0 Å². The van der Waals surface area contributed by atoms with Crippen LogP contribution in [-0.4, -0.2) is 73.0 Å². The van der Waals surface area contributed by atoms with Crippen LogP contribution in [0.4, 0.5) is 0 Å². The second-order valence-corrected chi connectivity index (χ2v) is 5.33. The zero-order valence-electron chi connectivity index (χ0n) is 12.1. The molecule has 1 heterocycles. The third-order valence-corrected chi connectivity index (χ3v) is 3.26. The van der Waals surface area contributed by atoms with Gasteiger partial charge in [-0.2, -0.15) is 0 Å². The molecule has 1 fully saturated rings. The van der Waals surface area contributed by atoms with E-state index < -0.39 is 5.97 Å². The van der Waals surface area contributed by atoms with Gasteiger partial charge in [0.15, 0.2) is 0 Å². The molecule has 20 heavy (non-hydrogen) atoms. The lowest BCUT2D eigenvalue weighted by molar-refractivity contribution is -0.137. The van der Waals surface area contributed by atoms with Crippen molar-refractivity contribution in [2.24, 2.45) is 5.92 Å². The second-order valence-electron chi connectivity index (χ2n) is 5.33. The van der Waals surface area contributed by atoms with Gasteiger partial charge in [-0.25, -0.2) is 0 Å². The van der Waals surface area contributed by atoms with Gasteiger partial charge >= 0.3 is 5.97 Å². The molecule has 1 aliphatic rings. The first kappa shape index (κ1) is 16.4. The molecule has 0 spiro atoms. The number of hydrogen-bond donors (Lipinski definition) is 2. The highest BCUT2D eigenvalue weighted by Gasteiger charge is 2.33. The normalized spacial score (nSPS) is 18.6. The summed E-state index contributed by atoms with van der Waals surface area (Å²) in [6.45, 7) is 2.11. The van der Waals surface area contributed by atoms with Crippen molar-refractivity contribution >= 4 is 17.8 Å². The largest absolute Gasteiger partial charge is 0.481 e. The quantitative estimate of drug-likeness (QED) is 0.620. The topological polar surface area (TPSA) is 89.9 Å². The Morgan fingerprint density at radius 2 is 2.15 bits per heavy atom. The van der Waals surface area contributed by atoms with Gasteiger partial charge in [-0.05, 0) is 27.1 Å². The van der Waals surface area contributed by atoms with Crippen molar-refractivity contribution in [3.63, 3.8) is 0 Å². The van der Waals surface area contributed by atoms with Gasteiger partial charge in [-0.3, -0.25) is 14.4 Å². The van der Waals surface area contributed by atoms with Crippen molar-refractivity contribution in [3.8, 4) is 0 Å². The number of carbonyl (C=O) groups is 3. The fraction of sp³-hybridized carbons (Fsp3) is 0.769. The highest BCUT2D eigenvalue weighted by atomic mass is 16.4. The van der Waals surface area contributed by atoms with E-state index in [0.717, 1.165) is 13.0 Å². The predicted molar refractivity (Wildman–Crippen MR) is 73.1 cm³/mol. The number of carboxylic acids is 1. The summed E-state index contributed by atoms with van der Waals surface area (Å²) >= 11 is 0. The highest BCUT2D eigenvalue weighted by molar-refractivity contribution is 5.89. The van der Waals surface area contributed by atoms with Crippen LogP contribution < -0.4 is 5.32 Å². The van der Waals surface area contributed by atoms with Crippen LogP contribution in [0.1, 0.15) is 19.3 Å². The molecule has 7 heteroatoms. The zero-order chi connectivity index (χ0) is 15.1. The monoisotopic (exact) mass is 285 g/mol. The first-order chi connectivity index (χ1) is 9.40. The minimum atomic E-state index is -0.946. The molecule has 0 bridgehead atoms. The molecule has 2 N–H and O–H groups in total. The second kappa shape index (κ2) is 7.84. The Kier molecular flexibility index (Phi) is 6.44. The van der Waals surface area contributed by atoms with Gasteiger partial charge in [-0.15, -0.1) is 0 Å². The Bertz CT molecular complexity index is 371. The Hall–Kier alpha value is -1.63. The first-order valence-corrected chi connectivity index (χ1v) is 6.82. The fourth-order valence-corrected chi connectivity index (χ4v) is 2.18. The molecule has 0 aromatic heterocycles. The summed E-state index contributed by atoms with van der Waals surface area (Å²) < 4.78 is 0. The summed E-state index contributed by atoms with van der Waals surface area (Å²) in [5, 5.41) is 11.1. The molecule has 0 aliphatic carbocycles. The lowest BCUT2D eigenvalue weighted by Crippen LogP contribution is -2.34. The molecule has 0 radical (unpaired) electrons. The zero-order valence-corrected chi connectivity index (χ0v) is 12.1. The summed E-state index contributed by atoms with van der Waals surface area (Å²) in [7, 11) is 3.95. The molecule has 0 aromatic carbocycles. The van der Waals surface area contributed by atoms with E-state index >= 15 is 0 Å². The number of likely N-dealkylation sites (tertiary alicyclic amines) is 1. The number of amides is 2. The maximum Gasteiger partial charge on any atom is 0.305 e. The van der Waals surface area contributed by atoms with Crippen LogP contribution in [0.2, 0.25) is 0 Å². The third kappa shape index (κ3) is 5.56. The van der Waals surface area contributed by atoms with E-state index in [1.807, 2.05) is 14.1 Å². The molecule has 1 unspecified atom stereocenters. The van der Waals surface area contributed by atoms with Gasteiger partial charge in [0.05, 0.1) is 12.3 Å². The number of carboxylic acid groups (broad SMARTS) is 1. The summed E-state index contributed by atoms with van der Waals surface area (Å²) in [5.41, 5.74) is 0. The number of hydrogen-bond acceptors (Lipinski definition) is 4. The predicted octanol–water partition coefficient (Wildman–Crippen LogP) is -0.622. The number of aliphatic carboxylic acids is 1. The van der Waals surface area contributed by atoms with Crippen molar-refractivity contribution in [3.05, 3.63) is 0 Å². The smallest absolute Gasteiger partial charge is 0.305 e. The summed E-state index contributed by atoms with van der Waals surface area (Å²) in [6.07, 6.45) is 1.01. The molecule has 1 saturated heterocycles. The van der Waals surface area contributed by atoms with E-state index in [1.165, 1.54) is 0 Å². The summed E-state index contributed by atoms with van der Waals surface area (Å²) in [4.78, 5) is 37.7. The molecule has 7 nitrogen and oxygen atoms in total. The number of carbonyl (C=O) groups excluding carboxylic acids is 2. The number of nitrogens with one attached hydrogen (secondary N) is 1. The first-order valence-electron chi connectivity index (χ1n) is 6.82. The van der Waals surface area contributed by atoms with Crippen LogP contribution in [0, 0.1) is 5.92 Å². The van der Waals surface area contributed by atoms with Crippen molar-refractivity contribution in [2.75, 3.05) is 40.3 Å². The Morgan fingerprint density at radius 3 is 2.75 bits per heavy atom. The standard InChI is InChI=1S/C13H23N3O4/c1-15(2)6-3-7-16-9-10(8-11(16)17)13(20)14-5-4-12(18)19/h10H,3-9H2,1-2H3,(H,14,20)(H,18,19). The van der Waals surface area contributed by atoms with Crippen molar-refractivity contribution in [2.45, 2.75) is 19.3 Å². The van der Waals surface area contributed by atoms with E-state index in [2.05, 4.69) is 10.2 Å². The Morgan fingerprint density at radius 1 is 1.45 bits per heavy atom. The van der Waals surface area contributed by atoms with Gasteiger partial charge in [0.2, 0.25) is 11.8 Å². The summed E-state index contributed by atoms with van der Waals surface area (Å²) in [6, 6.07) is 0. The molecule has 1 rings (SSSR count). The average molecular weight is 285 g/mol. The lowest BCUT2D eigenvalue weighted by Gasteiger charge is -2.18. The van der Waals surface area contributed by atoms with Crippen molar-refractivity contribution < 1.29 is 19.5 Å². The van der Waals surface area contributed by atoms with Crippen LogP contribution in [0.5, 0.6) is 0 Å². The number of nitrogens with zero attached hydrogens (tertiary/aromatic N) is 2. The van der Waals surface area contributed by atoms with Gasteiger partial charge in [-0.1, -0.05) is 0 Å². The SMILES string of the molecule is CN(C)CCCN1CC(C(=O)NCCC(=O)O)CC1=O. The van der Waals surface area contributed by atoms with Crippen molar-refractivity contribution in [1.29, 1.82) is 0 Å². The molecule has 0 saturated carbocycles. The summed E-state index contributed by atoms with van der Waals surface area (Å²) in [5.74, 6) is -1.52. The molecule has 1 atom stereocenters. The van der Waals surface area contributed by atoms with Crippen LogP contribution in [-0.2, 0) is 14.4 Å². The van der Waals surface area contributed by atoms with E-state index in [0.29, 0.717) is 13.1 Å². The van der Waals surface area contributed by atoms with Crippen LogP contribution in [0.25, 0.3) is 0 Å². The van der Waals surface area contributed by atoms with Gasteiger partial charge in [0.1, 0.15) is 0 Å². The van der Waals surface area contributed by atoms with Crippen LogP contribution in [0.15, 0.2) is 0 Å². The molecule has 1 aliphatic heterocycles. The maximum absolute atomic E-state index is 11.8. The Balaban J connectivity index is 2.30. The minimum Gasteiger partial charge on any atom is -0.481 e. The van der Waals surface area contributed by atoms with E-state index in [-0.39, 0.29) is 37.1 Å². The van der Waals surface area contributed by atoms with Gasteiger partial charge < -0.3 is 20.2 Å². The molecular formula is C13H23N3O4. The molecule has 114 valence electrons. The highest BCUT2D eigenvalue weighted by Crippen LogP contribution is 2.18. The minimum absolute atomic E-state index is 0.00198. The molecule has 2 amide bonds. The average Bonchev–Trinajstić information content (AvgIpc) is 2.70.